The number of rotatable bonds is 13. The van der Waals surface area contributed by atoms with Gasteiger partial charge < -0.3 is 15.2 Å². The van der Waals surface area contributed by atoms with Crippen LogP contribution in [0.2, 0.25) is 0 Å². The molecule has 0 heterocycles. The molecule has 0 aliphatic carbocycles. The number of aryl methyl sites for hydroxylation is 1. The van der Waals surface area contributed by atoms with E-state index >= 15 is 0 Å². The van der Waals surface area contributed by atoms with E-state index in [-0.39, 0.29) is 12.0 Å². The van der Waals surface area contributed by atoms with Gasteiger partial charge in [-0.3, -0.25) is 4.79 Å². The van der Waals surface area contributed by atoms with E-state index in [9.17, 15) is 14.7 Å². The number of aliphatic carboxylic acids is 1. The topological polar surface area (TPSA) is 75.6 Å². The van der Waals surface area contributed by atoms with Gasteiger partial charge in [-0.25, -0.2) is 4.79 Å². The Morgan fingerprint density at radius 1 is 0.972 bits per heavy atom. The van der Waals surface area contributed by atoms with Gasteiger partial charge in [0.25, 0.3) is 5.91 Å². The third-order valence-electron chi connectivity index (χ3n) is 6.04. The number of carbonyl (C=O) groups excluding carboxylic acids is 1. The second-order valence-corrected chi connectivity index (χ2v) is 10.0. The first-order valence-electron chi connectivity index (χ1n) is 12.4. The van der Waals surface area contributed by atoms with Crippen LogP contribution in [-0.4, -0.2) is 34.5 Å². The molecule has 3 aromatic carbocycles. The van der Waals surface area contributed by atoms with Gasteiger partial charge in [0, 0.05) is 11.3 Å². The predicted octanol–water partition coefficient (Wildman–Crippen LogP) is 6.66. The number of hydrogen-bond donors (Lipinski definition) is 2. The summed E-state index contributed by atoms with van der Waals surface area (Å²) in [7, 11) is 0. The van der Waals surface area contributed by atoms with E-state index in [2.05, 4.69) is 24.4 Å². The maximum Gasteiger partial charge on any atom is 0.326 e. The molecular formula is C30H35NO4S. The van der Waals surface area contributed by atoms with Crippen molar-refractivity contribution in [3.63, 3.8) is 0 Å². The fourth-order valence-corrected chi connectivity index (χ4v) is 4.83. The van der Waals surface area contributed by atoms with Gasteiger partial charge in [0.2, 0.25) is 0 Å². The molecule has 3 aromatic rings. The minimum Gasteiger partial charge on any atom is -0.480 e. The van der Waals surface area contributed by atoms with E-state index in [1.54, 1.807) is 6.07 Å². The summed E-state index contributed by atoms with van der Waals surface area (Å²) in [4.78, 5) is 24.8. The van der Waals surface area contributed by atoms with Crippen LogP contribution in [0.15, 0.2) is 72.8 Å². The van der Waals surface area contributed by atoms with Crippen molar-refractivity contribution in [2.24, 2.45) is 0 Å². The van der Waals surface area contributed by atoms with Crippen molar-refractivity contribution in [1.82, 2.24) is 5.32 Å². The van der Waals surface area contributed by atoms with Gasteiger partial charge in [0.05, 0.1) is 12.7 Å². The molecule has 0 aromatic heterocycles. The second kappa shape index (κ2) is 13.9. The van der Waals surface area contributed by atoms with Crippen LogP contribution >= 0.6 is 11.8 Å². The summed E-state index contributed by atoms with van der Waals surface area (Å²) in [6, 6.07) is 22.8. The van der Waals surface area contributed by atoms with Crippen molar-refractivity contribution in [3.8, 4) is 11.1 Å². The van der Waals surface area contributed by atoms with Crippen LogP contribution in [0.25, 0.3) is 11.1 Å². The van der Waals surface area contributed by atoms with Crippen molar-refractivity contribution in [1.29, 1.82) is 0 Å². The Morgan fingerprint density at radius 3 is 2.36 bits per heavy atom. The van der Waals surface area contributed by atoms with Crippen molar-refractivity contribution >= 4 is 23.6 Å². The molecule has 6 heteroatoms. The molecule has 0 aliphatic heterocycles. The Kier molecular flexibility index (Phi) is 10.6. The third-order valence-corrected chi connectivity index (χ3v) is 6.99. The maximum absolute atomic E-state index is 13.2. The number of carbonyl (C=O) groups is 2. The van der Waals surface area contributed by atoms with Crippen molar-refractivity contribution in [2.45, 2.75) is 52.4 Å². The summed E-state index contributed by atoms with van der Waals surface area (Å²) in [5.74, 6) is 0.468. The largest absolute Gasteiger partial charge is 0.480 e. The highest BCUT2D eigenvalue weighted by atomic mass is 32.2. The molecule has 0 aliphatic rings. The van der Waals surface area contributed by atoms with Crippen LogP contribution in [0, 0.1) is 6.92 Å². The van der Waals surface area contributed by atoms with Crippen LogP contribution in [-0.2, 0) is 16.1 Å². The van der Waals surface area contributed by atoms with E-state index < -0.39 is 12.0 Å². The van der Waals surface area contributed by atoms with Crippen LogP contribution in [0.3, 0.4) is 0 Å². The van der Waals surface area contributed by atoms with Crippen LogP contribution < -0.4 is 5.32 Å². The number of benzene rings is 3. The summed E-state index contributed by atoms with van der Waals surface area (Å²) in [6.45, 7) is 6.45. The second-order valence-electron chi connectivity index (χ2n) is 8.72. The molecule has 0 bridgehead atoms. The highest BCUT2D eigenvalue weighted by Crippen LogP contribution is 2.30. The highest BCUT2D eigenvalue weighted by molar-refractivity contribution is 7.99. The Morgan fingerprint density at radius 2 is 1.69 bits per heavy atom. The van der Waals surface area contributed by atoms with Gasteiger partial charge in [-0.1, -0.05) is 80.9 Å². The van der Waals surface area contributed by atoms with Gasteiger partial charge >= 0.3 is 5.97 Å². The van der Waals surface area contributed by atoms with Crippen LogP contribution in [0.1, 0.15) is 59.8 Å². The van der Waals surface area contributed by atoms with Gasteiger partial charge in [0.15, 0.2) is 0 Å². The number of thioether (sulfide) groups is 1. The standard InChI is InChI=1S/C30H35NO4S/c1-4-11-27(30(33)34)31-29(32)25-17-16-22(18-26(25)24-15-10-9-12-21(24)3)19-35-28(20-36-5-2)23-13-7-6-8-14-23/h6-10,12-18,27-28H,4-5,11,19-20H2,1-3H3,(H,31,32)(H,33,34)/t27-,28-/m0/s1. The summed E-state index contributed by atoms with van der Waals surface area (Å²) in [6.07, 6.45) is 1.01. The number of carboxylic acid groups (broad SMARTS) is 1. The average molecular weight is 506 g/mol. The zero-order valence-corrected chi connectivity index (χ0v) is 22.0. The molecule has 0 saturated heterocycles. The first kappa shape index (κ1) is 27.5. The number of ether oxygens (including phenoxy) is 1. The van der Waals surface area contributed by atoms with Gasteiger partial charge in [0.1, 0.15) is 6.04 Å². The van der Waals surface area contributed by atoms with E-state index in [0.717, 1.165) is 39.3 Å². The molecule has 36 heavy (non-hydrogen) atoms. The lowest BCUT2D eigenvalue weighted by atomic mass is 9.93. The summed E-state index contributed by atoms with van der Waals surface area (Å²) >= 11 is 1.84. The SMILES string of the molecule is CCC[C@H](NC(=O)c1ccc(CO[C@@H](CSCC)c2ccccc2)cc1-c1ccccc1C)C(=O)O. The molecule has 190 valence electrons. The molecule has 0 unspecified atom stereocenters. The Balaban J connectivity index is 1.90. The van der Waals surface area contributed by atoms with E-state index in [1.807, 2.05) is 80.2 Å². The zero-order chi connectivity index (χ0) is 25.9. The third kappa shape index (κ3) is 7.45. The lowest BCUT2D eigenvalue weighted by molar-refractivity contribution is -0.139. The number of nitrogens with one attached hydrogen (secondary N) is 1. The first-order valence-corrected chi connectivity index (χ1v) is 13.6. The lowest BCUT2D eigenvalue weighted by Gasteiger charge is -2.20. The molecule has 2 N–H and O–H groups in total. The van der Waals surface area contributed by atoms with E-state index in [4.69, 9.17) is 4.74 Å². The minimum absolute atomic E-state index is 0.0357. The zero-order valence-electron chi connectivity index (χ0n) is 21.2. The highest BCUT2D eigenvalue weighted by Gasteiger charge is 2.22. The molecule has 0 saturated carbocycles. The summed E-state index contributed by atoms with van der Waals surface area (Å²) in [5.41, 5.74) is 5.30. The van der Waals surface area contributed by atoms with E-state index in [1.165, 1.54) is 0 Å². The molecule has 1 amide bonds. The van der Waals surface area contributed by atoms with Gasteiger partial charge in [-0.15, -0.1) is 0 Å². The predicted molar refractivity (Wildman–Crippen MR) is 147 cm³/mol. The summed E-state index contributed by atoms with van der Waals surface area (Å²) in [5, 5.41) is 12.2. The first-order chi connectivity index (χ1) is 17.4. The maximum atomic E-state index is 13.2. The van der Waals surface area contributed by atoms with Crippen molar-refractivity contribution < 1.29 is 19.4 Å². The van der Waals surface area contributed by atoms with Crippen LogP contribution in [0.4, 0.5) is 0 Å². The molecule has 3 rings (SSSR count). The van der Waals surface area contributed by atoms with Gasteiger partial charge in [-0.2, -0.15) is 11.8 Å². The number of amides is 1. The smallest absolute Gasteiger partial charge is 0.326 e. The molecular weight excluding hydrogens is 470 g/mol. The Hall–Kier alpha value is -3.09. The fourth-order valence-electron chi connectivity index (χ4n) is 4.09. The number of carboxylic acids is 1. The molecule has 2 atom stereocenters. The molecule has 0 spiro atoms. The normalized spacial score (nSPS) is 12.6. The average Bonchev–Trinajstić information content (AvgIpc) is 2.89. The minimum atomic E-state index is -1.02. The van der Waals surface area contributed by atoms with Crippen molar-refractivity contribution in [2.75, 3.05) is 11.5 Å². The van der Waals surface area contributed by atoms with E-state index in [0.29, 0.717) is 25.0 Å². The Bertz CT molecular complexity index is 1150. The summed E-state index contributed by atoms with van der Waals surface area (Å²) < 4.78 is 6.37. The number of hydrogen-bond acceptors (Lipinski definition) is 4. The fraction of sp³-hybridized carbons (Fsp3) is 0.333. The monoisotopic (exact) mass is 505 g/mol. The Labute approximate surface area is 218 Å². The molecule has 0 radical (unpaired) electrons. The molecule has 0 fully saturated rings. The van der Waals surface area contributed by atoms with Gasteiger partial charge in [-0.05, 0) is 59.0 Å². The van der Waals surface area contributed by atoms with Crippen molar-refractivity contribution in [3.05, 3.63) is 95.1 Å². The molecule has 5 nitrogen and oxygen atoms in total. The lowest BCUT2D eigenvalue weighted by Crippen LogP contribution is -2.40. The quantitative estimate of drug-likeness (QED) is 0.272. The van der Waals surface area contributed by atoms with Crippen LogP contribution in [0.5, 0.6) is 0 Å².